The van der Waals surface area contributed by atoms with Crippen LogP contribution < -0.4 is 16.6 Å². The highest BCUT2D eigenvalue weighted by atomic mass is 16.5. The average molecular weight is 251 g/mol. The molecule has 0 saturated carbocycles. The summed E-state index contributed by atoms with van der Waals surface area (Å²) in [5, 5.41) is 10.4. The largest absolute Gasteiger partial charge is 0.381 e. The number of nitrogen functional groups attached to an aromatic ring is 1. The first kappa shape index (κ1) is 12.7. The maximum Gasteiger partial charge on any atom is 0.271 e. The Labute approximate surface area is 105 Å². The molecular weight excluding hydrogens is 234 g/mol. The van der Waals surface area contributed by atoms with E-state index in [0.29, 0.717) is 24.9 Å². The first-order valence-electron chi connectivity index (χ1n) is 5.96. The number of nitrogens with zero attached hydrogens (tertiary/aromatic N) is 2. The van der Waals surface area contributed by atoms with Gasteiger partial charge in [-0.2, -0.15) is 0 Å². The Balaban J connectivity index is 1.82. The van der Waals surface area contributed by atoms with E-state index in [4.69, 9.17) is 10.6 Å². The van der Waals surface area contributed by atoms with Crippen LogP contribution in [-0.2, 0) is 4.74 Å². The van der Waals surface area contributed by atoms with Crippen molar-refractivity contribution in [2.75, 3.05) is 25.2 Å². The molecule has 0 radical (unpaired) electrons. The molecule has 98 valence electrons. The van der Waals surface area contributed by atoms with Crippen molar-refractivity contribution in [2.45, 2.75) is 12.8 Å². The minimum Gasteiger partial charge on any atom is -0.381 e. The Morgan fingerprint density at radius 1 is 1.50 bits per heavy atom. The molecule has 0 bridgehead atoms. The summed E-state index contributed by atoms with van der Waals surface area (Å²) in [4.78, 5) is 11.8. The van der Waals surface area contributed by atoms with Crippen molar-refractivity contribution in [3.63, 3.8) is 0 Å². The average Bonchev–Trinajstić information content (AvgIpc) is 2.46. The summed E-state index contributed by atoms with van der Waals surface area (Å²) >= 11 is 0. The van der Waals surface area contributed by atoms with Gasteiger partial charge in [-0.15, -0.1) is 10.2 Å². The van der Waals surface area contributed by atoms with Crippen molar-refractivity contribution in [1.29, 1.82) is 0 Å². The molecule has 1 amide bonds. The fourth-order valence-corrected chi connectivity index (χ4v) is 1.83. The number of ether oxygens (including phenoxy) is 1. The lowest BCUT2D eigenvalue weighted by Crippen LogP contribution is -2.33. The van der Waals surface area contributed by atoms with Gasteiger partial charge in [0.25, 0.3) is 5.91 Å². The van der Waals surface area contributed by atoms with Gasteiger partial charge in [0.05, 0.1) is 6.61 Å². The van der Waals surface area contributed by atoms with Crippen molar-refractivity contribution < 1.29 is 9.53 Å². The molecule has 0 aliphatic carbocycles. The molecular formula is C11H17N5O2. The molecule has 1 aromatic heterocycles. The fraction of sp³-hybridized carbons (Fsp3) is 0.545. The number of hydrazine groups is 1. The lowest BCUT2D eigenvalue weighted by molar-refractivity contribution is 0.0535. The number of nitrogens with one attached hydrogen (secondary N) is 2. The van der Waals surface area contributed by atoms with Crippen molar-refractivity contribution in [1.82, 2.24) is 15.5 Å². The van der Waals surface area contributed by atoms with Gasteiger partial charge in [-0.05, 0) is 30.9 Å². The molecule has 1 aliphatic heterocycles. The van der Waals surface area contributed by atoms with E-state index in [1.807, 2.05) is 0 Å². The summed E-state index contributed by atoms with van der Waals surface area (Å²) in [6, 6.07) is 3.18. The standard InChI is InChI=1S/C11H17N5O2/c12-14-10-4-3-9(15-16-10)11(17)13-6-8-2-1-5-18-7-8/h3-4,8H,1-2,5-7,12H2,(H,13,17)(H,14,16). The molecule has 1 aromatic rings. The number of aromatic nitrogens is 2. The van der Waals surface area contributed by atoms with Crippen molar-refractivity contribution >= 4 is 11.7 Å². The number of carbonyl (C=O) groups excluding carboxylic acids is 1. The van der Waals surface area contributed by atoms with Crippen LogP contribution in [0.4, 0.5) is 5.82 Å². The number of anilines is 1. The van der Waals surface area contributed by atoms with E-state index in [2.05, 4.69) is 20.9 Å². The number of hydrogen-bond donors (Lipinski definition) is 3. The summed E-state index contributed by atoms with van der Waals surface area (Å²) in [5.74, 6) is 5.75. The monoisotopic (exact) mass is 251 g/mol. The van der Waals surface area contributed by atoms with Crippen molar-refractivity contribution in [3.8, 4) is 0 Å². The molecule has 0 aromatic carbocycles. The molecule has 18 heavy (non-hydrogen) atoms. The molecule has 7 nitrogen and oxygen atoms in total. The molecule has 2 heterocycles. The second kappa shape index (κ2) is 6.27. The van der Waals surface area contributed by atoms with Crippen LogP contribution >= 0.6 is 0 Å². The van der Waals surface area contributed by atoms with Gasteiger partial charge in [0.2, 0.25) is 0 Å². The zero-order valence-electron chi connectivity index (χ0n) is 10.1. The third-order valence-corrected chi connectivity index (χ3v) is 2.85. The number of amides is 1. The SMILES string of the molecule is NNc1ccc(C(=O)NCC2CCCOC2)nn1. The molecule has 1 saturated heterocycles. The maximum absolute atomic E-state index is 11.8. The van der Waals surface area contributed by atoms with Crippen LogP contribution in [0.5, 0.6) is 0 Å². The minimum absolute atomic E-state index is 0.225. The lowest BCUT2D eigenvalue weighted by Gasteiger charge is -2.21. The predicted molar refractivity (Wildman–Crippen MR) is 65.7 cm³/mol. The van der Waals surface area contributed by atoms with Crippen LogP contribution in [0.2, 0.25) is 0 Å². The van der Waals surface area contributed by atoms with E-state index >= 15 is 0 Å². The highest BCUT2D eigenvalue weighted by Gasteiger charge is 2.15. The van der Waals surface area contributed by atoms with Gasteiger partial charge in [-0.25, -0.2) is 5.84 Å². The van der Waals surface area contributed by atoms with Gasteiger partial charge in [0.1, 0.15) is 0 Å². The van der Waals surface area contributed by atoms with Gasteiger partial charge in [-0.3, -0.25) is 4.79 Å². The molecule has 4 N–H and O–H groups in total. The molecule has 2 rings (SSSR count). The fourth-order valence-electron chi connectivity index (χ4n) is 1.83. The normalized spacial score (nSPS) is 19.3. The summed E-state index contributed by atoms with van der Waals surface area (Å²) in [6.45, 7) is 2.14. The van der Waals surface area contributed by atoms with Crippen LogP contribution in [-0.4, -0.2) is 35.9 Å². The third-order valence-electron chi connectivity index (χ3n) is 2.85. The quantitative estimate of drug-likeness (QED) is 0.511. The molecule has 1 unspecified atom stereocenters. The summed E-state index contributed by atoms with van der Waals surface area (Å²) in [7, 11) is 0. The molecule has 7 heteroatoms. The molecule has 0 spiro atoms. The van der Waals surface area contributed by atoms with E-state index in [1.165, 1.54) is 0 Å². The predicted octanol–water partition coefficient (Wildman–Crippen LogP) is -0.0814. The third kappa shape index (κ3) is 3.38. The highest BCUT2D eigenvalue weighted by Crippen LogP contribution is 2.12. The molecule has 1 aliphatic rings. The van der Waals surface area contributed by atoms with Crippen LogP contribution in [0.15, 0.2) is 12.1 Å². The minimum atomic E-state index is -0.225. The number of hydrogen-bond acceptors (Lipinski definition) is 6. The second-order valence-corrected chi connectivity index (χ2v) is 4.24. The lowest BCUT2D eigenvalue weighted by atomic mass is 10.0. The van der Waals surface area contributed by atoms with Gasteiger partial charge in [0.15, 0.2) is 11.5 Å². The Morgan fingerprint density at radius 3 is 3.00 bits per heavy atom. The van der Waals surface area contributed by atoms with Crippen molar-refractivity contribution in [2.24, 2.45) is 11.8 Å². The van der Waals surface area contributed by atoms with Gasteiger partial charge in [0, 0.05) is 13.2 Å². The summed E-state index contributed by atoms with van der Waals surface area (Å²) < 4.78 is 5.35. The summed E-state index contributed by atoms with van der Waals surface area (Å²) in [6.07, 6.45) is 2.14. The molecule has 1 atom stereocenters. The van der Waals surface area contributed by atoms with E-state index in [0.717, 1.165) is 19.4 Å². The van der Waals surface area contributed by atoms with E-state index < -0.39 is 0 Å². The highest BCUT2D eigenvalue weighted by molar-refractivity contribution is 5.92. The first-order valence-corrected chi connectivity index (χ1v) is 5.96. The van der Waals surface area contributed by atoms with E-state index in [1.54, 1.807) is 12.1 Å². The number of rotatable bonds is 4. The summed E-state index contributed by atoms with van der Waals surface area (Å²) in [5.41, 5.74) is 2.64. The van der Waals surface area contributed by atoms with Crippen LogP contribution in [0.3, 0.4) is 0 Å². The Bertz CT molecular complexity index is 389. The van der Waals surface area contributed by atoms with E-state index in [-0.39, 0.29) is 11.6 Å². The second-order valence-electron chi connectivity index (χ2n) is 4.24. The van der Waals surface area contributed by atoms with Crippen LogP contribution in [0.25, 0.3) is 0 Å². The van der Waals surface area contributed by atoms with Crippen LogP contribution in [0, 0.1) is 5.92 Å². The smallest absolute Gasteiger partial charge is 0.271 e. The first-order chi connectivity index (χ1) is 8.79. The zero-order chi connectivity index (χ0) is 12.8. The Hall–Kier alpha value is -1.73. The molecule has 1 fully saturated rings. The topological polar surface area (TPSA) is 102 Å². The Kier molecular flexibility index (Phi) is 4.43. The van der Waals surface area contributed by atoms with Gasteiger partial charge in [-0.1, -0.05) is 0 Å². The van der Waals surface area contributed by atoms with Crippen LogP contribution in [0.1, 0.15) is 23.3 Å². The maximum atomic E-state index is 11.8. The number of nitrogens with two attached hydrogens (primary N) is 1. The Morgan fingerprint density at radius 2 is 2.39 bits per heavy atom. The van der Waals surface area contributed by atoms with Gasteiger partial charge < -0.3 is 15.5 Å². The van der Waals surface area contributed by atoms with E-state index in [9.17, 15) is 4.79 Å². The zero-order valence-corrected chi connectivity index (χ0v) is 10.1. The van der Waals surface area contributed by atoms with Crippen molar-refractivity contribution in [3.05, 3.63) is 17.8 Å². The van der Waals surface area contributed by atoms with Gasteiger partial charge >= 0.3 is 0 Å². The number of carbonyl (C=O) groups is 1.